The van der Waals surface area contributed by atoms with Crippen LogP contribution in [0.5, 0.6) is 5.75 Å². The number of fused-ring (bicyclic) bond motifs is 1. The van der Waals surface area contributed by atoms with Gasteiger partial charge in [0.15, 0.2) is 0 Å². The van der Waals surface area contributed by atoms with Crippen LogP contribution in [0.25, 0.3) is 0 Å². The number of nitrogens with zero attached hydrogens (tertiary/aromatic N) is 1. The van der Waals surface area contributed by atoms with Gasteiger partial charge >= 0.3 is 0 Å². The zero-order chi connectivity index (χ0) is 13.2. The van der Waals surface area contributed by atoms with Crippen molar-refractivity contribution in [1.29, 1.82) is 0 Å². The fourth-order valence-electron chi connectivity index (χ4n) is 1.92. The van der Waals surface area contributed by atoms with E-state index in [0.29, 0.717) is 18.7 Å². The first kappa shape index (κ1) is 13.0. The highest BCUT2D eigenvalue weighted by Crippen LogP contribution is 2.33. The molecule has 0 aliphatic carbocycles. The van der Waals surface area contributed by atoms with Gasteiger partial charge in [-0.2, -0.15) is 0 Å². The average molecular weight is 270 g/mol. The van der Waals surface area contributed by atoms with E-state index in [1.807, 2.05) is 20.0 Å². The lowest BCUT2D eigenvalue weighted by Gasteiger charge is -2.28. The summed E-state index contributed by atoms with van der Waals surface area (Å²) < 4.78 is 31.4. The first-order chi connectivity index (χ1) is 8.52. The maximum absolute atomic E-state index is 11.7. The molecule has 0 aromatic heterocycles. The number of hydrogen-bond acceptors (Lipinski definition) is 4. The van der Waals surface area contributed by atoms with Crippen LogP contribution >= 0.6 is 0 Å². The topological polar surface area (TPSA) is 58.6 Å². The molecule has 100 valence electrons. The van der Waals surface area contributed by atoms with Crippen LogP contribution in [0, 0.1) is 0 Å². The summed E-state index contributed by atoms with van der Waals surface area (Å²) in [6, 6.07) is 5.37. The summed E-state index contributed by atoms with van der Waals surface area (Å²) in [6.07, 6.45) is 0.597. The van der Waals surface area contributed by atoms with E-state index in [1.165, 1.54) is 0 Å². The lowest BCUT2D eigenvalue weighted by Crippen LogP contribution is -2.28. The predicted octanol–water partition coefficient (Wildman–Crippen LogP) is 1.67. The standard InChI is InChI=1S/C12H18N2O3S/c1-3-8-18(15,16)13-10-4-5-11-12(9-10)17-7-6-14(11)2/h4-5,9,13H,3,6-8H2,1-2H3. The number of benzene rings is 1. The SMILES string of the molecule is CCCS(=O)(=O)Nc1ccc2c(c1)OCCN2C. The third-order valence-corrected chi connectivity index (χ3v) is 4.29. The molecule has 1 N–H and O–H groups in total. The molecule has 5 nitrogen and oxygen atoms in total. The number of rotatable bonds is 4. The van der Waals surface area contributed by atoms with Gasteiger partial charge in [0.05, 0.1) is 23.7 Å². The predicted molar refractivity (Wildman–Crippen MR) is 72.9 cm³/mol. The second kappa shape index (κ2) is 5.06. The third kappa shape index (κ3) is 2.87. The second-order valence-corrected chi connectivity index (χ2v) is 6.22. The van der Waals surface area contributed by atoms with Gasteiger partial charge in [-0.3, -0.25) is 4.72 Å². The van der Waals surface area contributed by atoms with Gasteiger partial charge in [-0.1, -0.05) is 6.92 Å². The van der Waals surface area contributed by atoms with Crippen molar-refractivity contribution in [3.8, 4) is 5.75 Å². The highest BCUT2D eigenvalue weighted by atomic mass is 32.2. The van der Waals surface area contributed by atoms with Crippen molar-refractivity contribution >= 4 is 21.4 Å². The van der Waals surface area contributed by atoms with Gasteiger partial charge in [-0.05, 0) is 18.6 Å². The van der Waals surface area contributed by atoms with Crippen molar-refractivity contribution in [3.05, 3.63) is 18.2 Å². The van der Waals surface area contributed by atoms with Crippen molar-refractivity contribution in [3.63, 3.8) is 0 Å². The molecule has 0 saturated carbocycles. The van der Waals surface area contributed by atoms with Gasteiger partial charge < -0.3 is 9.64 Å². The monoisotopic (exact) mass is 270 g/mol. The molecule has 0 amide bonds. The summed E-state index contributed by atoms with van der Waals surface area (Å²) in [7, 11) is -1.26. The molecule has 0 fully saturated rings. The van der Waals surface area contributed by atoms with Crippen LogP contribution in [0.4, 0.5) is 11.4 Å². The molecule has 1 heterocycles. The molecule has 1 aliphatic rings. The van der Waals surface area contributed by atoms with Crippen LogP contribution in [0.3, 0.4) is 0 Å². The molecule has 2 rings (SSSR count). The van der Waals surface area contributed by atoms with E-state index in [-0.39, 0.29) is 5.75 Å². The Morgan fingerprint density at radius 1 is 1.44 bits per heavy atom. The fourth-order valence-corrected chi connectivity index (χ4v) is 3.05. The molecule has 0 spiro atoms. The minimum Gasteiger partial charge on any atom is -0.489 e. The van der Waals surface area contributed by atoms with Crippen molar-refractivity contribution in [2.75, 3.05) is 35.6 Å². The Bertz CT molecular complexity index is 528. The van der Waals surface area contributed by atoms with Gasteiger partial charge in [0.25, 0.3) is 0 Å². The largest absolute Gasteiger partial charge is 0.489 e. The Kier molecular flexibility index (Phi) is 3.65. The molecule has 1 aliphatic heterocycles. The summed E-state index contributed by atoms with van der Waals surface area (Å²) in [5.41, 5.74) is 1.54. The minimum absolute atomic E-state index is 0.130. The maximum Gasteiger partial charge on any atom is 0.232 e. The number of likely N-dealkylation sites (N-methyl/N-ethyl adjacent to an activating group) is 1. The Labute approximate surface area is 108 Å². The first-order valence-corrected chi connectivity index (χ1v) is 7.65. The molecule has 0 unspecified atom stereocenters. The zero-order valence-electron chi connectivity index (χ0n) is 10.6. The Morgan fingerprint density at radius 3 is 2.94 bits per heavy atom. The summed E-state index contributed by atoms with van der Waals surface area (Å²) in [5, 5.41) is 0. The molecular formula is C12H18N2O3S. The third-order valence-electron chi connectivity index (χ3n) is 2.80. The van der Waals surface area contributed by atoms with E-state index < -0.39 is 10.0 Å². The van der Waals surface area contributed by atoms with Crippen LogP contribution in [0.2, 0.25) is 0 Å². The van der Waals surface area contributed by atoms with Gasteiger partial charge in [0.1, 0.15) is 12.4 Å². The Hall–Kier alpha value is -1.43. The van der Waals surface area contributed by atoms with Gasteiger partial charge in [0.2, 0.25) is 10.0 Å². The molecule has 1 aromatic carbocycles. The van der Waals surface area contributed by atoms with E-state index >= 15 is 0 Å². The zero-order valence-corrected chi connectivity index (χ0v) is 11.5. The number of sulfonamides is 1. The van der Waals surface area contributed by atoms with Crippen LogP contribution < -0.4 is 14.4 Å². The summed E-state index contributed by atoms with van der Waals surface area (Å²) in [6.45, 7) is 3.30. The highest BCUT2D eigenvalue weighted by Gasteiger charge is 2.16. The van der Waals surface area contributed by atoms with Crippen LogP contribution in [-0.4, -0.2) is 34.4 Å². The van der Waals surface area contributed by atoms with Crippen LogP contribution in [0.1, 0.15) is 13.3 Å². The van der Waals surface area contributed by atoms with Crippen molar-refractivity contribution in [1.82, 2.24) is 0 Å². The van der Waals surface area contributed by atoms with E-state index in [4.69, 9.17) is 4.74 Å². The van der Waals surface area contributed by atoms with Gasteiger partial charge in [-0.25, -0.2) is 8.42 Å². The van der Waals surface area contributed by atoms with Crippen molar-refractivity contribution in [2.45, 2.75) is 13.3 Å². The second-order valence-electron chi connectivity index (χ2n) is 4.37. The molecule has 0 saturated heterocycles. The van der Waals surface area contributed by atoms with E-state index in [9.17, 15) is 8.42 Å². The molecule has 1 aromatic rings. The number of nitrogens with one attached hydrogen (secondary N) is 1. The maximum atomic E-state index is 11.7. The average Bonchev–Trinajstić information content (AvgIpc) is 2.28. The van der Waals surface area contributed by atoms with Gasteiger partial charge in [-0.15, -0.1) is 0 Å². The van der Waals surface area contributed by atoms with Crippen molar-refractivity contribution < 1.29 is 13.2 Å². The van der Waals surface area contributed by atoms with Gasteiger partial charge in [0, 0.05) is 13.1 Å². The Morgan fingerprint density at radius 2 is 2.22 bits per heavy atom. The summed E-state index contributed by atoms with van der Waals surface area (Å²) in [4.78, 5) is 2.09. The van der Waals surface area contributed by atoms with Crippen LogP contribution in [0.15, 0.2) is 18.2 Å². The van der Waals surface area contributed by atoms with E-state index in [1.54, 1.807) is 12.1 Å². The normalized spacial score (nSPS) is 14.9. The fraction of sp³-hybridized carbons (Fsp3) is 0.500. The smallest absolute Gasteiger partial charge is 0.232 e. The van der Waals surface area contributed by atoms with E-state index in [2.05, 4.69) is 9.62 Å². The van der Waals surface area contributed by atoms with Crippen molar-refractivity contribution in [2.24, 2.45) is 0 Å². The minimum atomic E-state index is -3.24. The molecule has 0 radical (unpaired) electrons. The number of ether oxygens (including phenoxy) is 1. The van der Waals surface area contributed by atoms with E-state index in [0.717, 1.165) is 18.0 Å². The molecule has 0 bridgehead atoms. The lowest BCUT2D eigenvalue weighted by atomic mass is 10.2. The number of hydrogen-bond donors (Lipinski definition) is 1. The Balaban J connectivity index is 2.21. The summed E-state index contributed by atoms with van der Waals surface area (Å²) in [5.74, 6) is 0.852. The molecular weight excluding hydrogens is 252 g/mol. The van der Waals surface area contributed by atoms with Crippen LogP contribution in [-0.2, 0) is 10.0 Å². The lowest BCUT2D eigenvalue weighted by molar-refractivity contribution is 0.311. The number of anilines is 2. The molecule has 0 atom stereocenters. The molecule has 18 heavy (non-hydrogen) atoms. The molecule has 6 heteroatoms. The summed E-state index contributed by atoms with van der Waals surface area (Å²) >= 11 is 0. The highest BCUT2D eigenvalue weighted by molar-refractivity contribution is 7.92. The first-order valence-electron chi connectivity index (χ1n) is 6.00. The quantitative estimate of drug-likeness (QED) is 0.904.